The van der Waals surface area contributed by atoms with E-state index < -0.39 is 0 Å². The van der Waals surface area contributed by atoms with Crippen molar-refractivity contribution in [3.05, 3.63) is 103 Å². The lowest BCUT2D eigenvalue weighted by Crippen LogP contribution is -2.27. The zero-order valence-corrected chi connectivity index (χ0v) is 16.8. The number of nitrogens with one attached hydrogen (secondary N) is 1. The van der Waals surface area contributed by atoms with Crippen LogP contribution in [0.2, 0.25) is 0 Å². The van der Waals surface area contributed by atoms with Gasteiger partial charge in [-0.1, -0.05) is 66.7 Å². The van der Waals surface area contributed by atoms with Crippen molar-refractivity contribution in [2.24, 2.45) is 5.92 Å². The second-order valence-corrected chi connectivity index (χ2v) is 7.31. The predicted molar refractivity (Wildman–Crippen MR) is 124 cm³/mol. The second-order valence-electron chi connectivity index (χ2n) is 7.31. The zero-order chi connectivity index (χ0) is 20.6. The molecule has 1 amide bonds. The van der Waals surface area contributed by atoms with Gasteiger partial charge in [0.2, 0.25) is 5.91 Å². The van der Waals surface area contributed by atoms with Gasteiger partial charge in [-0.15, -0.1) is 0 Å². The van der Waals surface area contributed by atoms with E-state index in [2.05, 4.69) is 27.3 Å². The van der Waals surface area contributed by atoms with E-state index in [0.29, 0.717) is 0 Å². The lowest BCUT2D eigenvalue weighted by atomic mass is 10.1. The standard InChI is InChI=1S/C20H19N3O.C6H6/c24-20(16-10-12-23(14-16)17-6-2-1-3-7-17)22-19-8-4-5-15-13-21-11-9-18(15)19;1-2-4-6-5-3-1/h1-9,11,13,16H,10,12,14H2,(H,22,24);1-6H. The van der Waals surface area contributed by atoms with Crippen molar-refractivity contribution >= 4 is 28.1 Å². The fraction of sp³-hybridized carbons (Fsp3) is 0.154. The fourth-order valence-corrected chi connectivity index (χ4v) is 3.70. The number of pyridine rings is 1. The molecule has 1 N–H and O–H groups in total. The van der Waals surface area contributed by atoms with Crippen LogP contribution in [0.3, 0.4) is 0 Å². The molecule has 1 aliphatic heterocycles. The van der Waals surface area contributed by atoms with Crippen molar-refractivity contribution in [2.75, 3.05) is 23.3 Å². The van der Waals surface area contributed by atoms with Gasteiger partial charge in [-0.25, -0.2) is 0 Å². The smallest absolute Gasteiger partial charge is 0.229 e. The molecule has 1 atom stereocenters. The van der Waals surface area contributed by atoms with Crippen molar-refractivity contribution in [3.8, 4) is 0 Å². The molecule has 0 radical (unpaired) electrons. The predicted octanol–water partition coefficient (Wildman–Crippen LogP) is 5.39. The van der Waals surface area contributed by atoms with E-state index in [-0.39, 0.29) is 11.8 Å². The van der Waals surface area contributed by atoms with E-state index in [4.69, 9.17) is 0 Å². The van der Waals surface area contributed by atoms with Crippen molar-refractivity contribution < 1.29 is 4.79 Å². The molecule has 0 spiro atoms. The largest absolute Gasteiger partial charge is 0.371 e. The van der Waals surface area contributed by atoms with Crippen molar-refractivity contribution in [3.63, 3.8) is 0 Å². The maximum Gasteiger partial charge on any atom is 0.229 e. The molecule has 1 unspecified atom stereocenters. The van der Waals surface area contributed by atoms with E-state index in [1.165, 1.54) is 5.69 Å². The number of para-hydroxylation sites is 1. The van der Waals surface area contributed by atoms with Crippen LogP contribution in [0.15, 0.2) is 103 Å². The molecule has 1 fully saturated rings. The van der Waals surface area contributed by atoms with Crippen molar-refractivity contribution in [2.45, 2.75) is 6.42 Å². The fourth-order valence-electron chi connectivity index (χ4n) is 3.70. The molecule has 0 saturated carbocycles. The van der Waals surface area contributed by atoms with Gasteiger partial charge in [0.1, 0.15) is 0 Å². The van der Waals surface area contributed by atoms with Gasteiger partial charge in [-0.3, -0.25) is 9.78 Å². The van der Waals surface area contributed by atoms with Crippen LogP contribution in [0, 0.1) is 5.92 Å². The molecule has 1 aromatic heterocycles. The molecule has 0 aliphatic carbocycles. The molecule has 4 heteroatoms. The summed E-state index contributed by atoms with van der Waals surface area (Å²) >= 11 is 0. The monoisotopic (exact) mass is 395 g/mol. The Bertz CT molecular complexity index is 1050. The zero-order valence-electron chi connectivity index (χ0n) is 16.8. The number of carbonyl (C=O) groups is 1. The lowest BCUT2D eigenvalue weighted by Gasteiger charge is -2.18. The van der Waals surface area contributed by atoms with E-state index >= 15 is 0 Å². The van der Waals surface area contributed by atoms with Gasteiger partial charge in [0, 0.05) is 47.6 Å². The van der Waals surface area contributed by atoms with Crippen molar-refractivity contribution in [1.82, 2.24) is 4.98 Å². The molecule has 1 aliphatic rings. The number of benzene rings is 3. The molecule has 30 heavy (non-hydrogen) atoms. The van der Waals surface area contributed by atoms with Crippen molar-refractivity contribution in [1.29, 1.82) is 0 Å². The first-order chi connectivity index (χ1) is 14.8. The minimum Gasteiger partial charge on any atom is -0.371 e. The number of amides is 1. The molecule has 5 rings (SSSR count). The van der Waals surface area contributed by atoms with Crippen LogP contribution in [-0.2, 0) is 4.79 Å². The Morgan fingerprint density at radius 2 is 1.57 bits per heavy atom. The summed E-state index contributed by atoms with van der Waals surface area (Å²) in [5.74, 6) is 0.111. The van der Waals surface area contributed by atoms with Crippen LogP contribution in [-0.4, -0.2) is 24.0 Å². The first-order valence-electron chi connectivity index (χ1n) is 10.2. The number of nitrogens with zero attached hydrogens (tertiary/aromatic N) is 2. The summed E-state index contributed by atoms with van der Waals surface area (Å²) in [5, 5.41) is 5.17. The highest BCUT2D eigenvalue weighted by Crippen LogP contribution is 2.26. The Morgan fingerprint density at radius 3 is 2.30 bits per heavy atom. The summed E-state index contributed by atoms with van der Waals surface area (Å²) in [4.78, 5) is 19.1. The first-order valence-corrected chi connectivity index (χ1v) is 10.2. The van der Waals surface area contributed by atoms with Crippen LogP contribution in [0.25, 0.3) is 10.8 Å². The van der Waals surface area contributed by atoms with Crippen LogP contribution in [0.5, 0.6) is 0 Å². The van der Waals surface area contributed by atoms with E-state index in [0.717, 1.165) is 36.0 Å². The molecule has 4 nitrogen and oxygen atoms in total. The van der Waals surface area contributed by atoms with E-state index in [9.17, 15) is 4.79 Å². The highest BCUT2D eigenvalue weighted by atomic mass is 16.1. The SMILES string of the molecule is O=C(Nc1cccc2cnccc12)C1CCN(c2ccccc2)C1.c1ccccc1. The average Bonchev–Trinajstić information content (AvgIpc) is 3.32. The van der Waals surface area contributed by atoms with Gasteiger partial charge < -0.3 is 10.2 Å². The number of anilines is 2. The molecule has 0 bridgehead atoms. The number of hydrogen-bond acceptors (Lipinski definition) is 3. The molecule has 4 aromatic rings. The number of fused-ring (bicyclic) bond motifs is 1. The summed E-state index contributed by atoms with van der Waals surface area (Å²) in [6, 6.07) is 30.1. The summed E-state index contributed by atoms with van der Waals surface area (Å²) in [6.45, 7) is 1.68. The van der Waals surface area contributed by atoms with Crippen LogP contribution >= 0.6 is 0 Å². The second kappa shape index (κ2) is 9.70. The maximum absolute atomic E-state index is 12.7. The summed E-state index contributed by atoms with van der Waals surface area (Å²) < 4.78 is 0. The van der Waals surface area contributed by atoms with Gasteiger partial charge in [0.15, 0.2) is 0 Å². The number of hydrogen-bond donors (Lipinski definition) is 1. The lowest BCUT2D eigenvalue weighted by molar-refractivity contribution is -0.119. The molecule has 1 saturated heterocycles. The summed E-state index contributed by atoms with van der Waals surface area (Å²) in [5.41, 5.74) is 2.04. The van der Waals surface area contributed by atoms with Gasteiger partial charge >= 0.3 is 0 Å². The third-order valence-corrected chi connectivity index (χ3v) is 5.29. The molecule has 2 heterocycles. The maximum atomic E-state index is 12.7. The van der Waals surface area contributed by atoms with Gasteiger partial charge in [0.05, 0.1) is 5.92 Å². The molecular formula is C26H25N3O. The summed E-state index contributed by atoms with van der Waals surface area (Å²) in [7, 11) is 0. The number of rotatable bonds is 3. The average molecular weight is 396 g/mol. The Kier molecular flexibility index (Phi) is 6.35. The normalized spacial score (nSPS) is 15.3. The highest BCUT2D eigenvalue weighted by Gasteiger charge is 2.28. The van der Waals surface area contributed by atoms with E-state index in [1.807, 2.05) is 85.1 Å². The third-order valence-electron chi connectivity index (χ3n) is 5.29. The minimum atomic E-state index is 0.0160. The Balaban J connectivity index is 0.000000313. The van der Waals surface area contributed by atoms with Gasteiger partial charge in [-0.2, -0.15) is 0 Å². The summed E-state index contributed by atoms with van der Waals surface area (Å²) in [6.07, 6.45) is 4.45. The van der Waals surface area contributed by atoms with E-state index in [1.54, 1.807) is 6.20 Å². The third kappa shape index (κ3) is 4.84. The molecular weight excluding hydrogens is 370 g/mol. The van der Waals surface area contributed by atoms with Crippen LogP contribution in [0.1, 0.15) is 6.42 Å². The highest BCUT2D eigenvalue weighted by molar-refractivity contribution is 6.02. The number of aromatic nitrogens is 1. The quantitative estimate of drug-likeness (QED) is 0.506. The molecule has 150 valence electrons. The number of carbonyl (C=O) groups excluding carboxylic acids is 1. The Morgan fingerprint density at radius 1 is 0.867 bits per heavy atom. The van der Waals surface area contributed by atoms with Gasteiger partial charge in [0.25, 0.3) is 0 Å². The molecule has 3 aromatic carbocycles. The Labute approximate surface area is 177 Å². The van der Waals surface area contributed by atoms with Crippen LogP contribution < -0.4 is 10.2 Å². The first kappa shape index (κ1) is 19.6. The minimum absolute atomic E-state index is 0.0160. The van der Waals surface area contributed by atoms with Crippen LogP contribution in [0.4, 0.5) is 11.4 Å². The van der Waals surface area contributed by atoms with Gasteiger partial charge in [-0.05, 0) is 30.7 Å². The Hall–Kier alpha value is -3.66. The topological polar surface area (TPSA) is 45.2 Å².